The van der Waals surface area contributed by atoms with Crippen LogP contribution in [-0.4, -0.2) is 35.1 Å². The molecule has 0 spiro atoms. The van der Waals surface area contributed by atoms with E-state index in [1.807, 2.05) is 0 Å². The Morgan fingerprint density at radius 3 is 2.47 bits per heavy atom. The molecule has 1 amide bonds. The van der Waals surface area contributed by atoms with Crippen LogP contribution in [0.5, 0.6) is 0 Å². The Kier molecular flexibility index (Phi) is 4.84. The summed E-state index contributed by atoms with van der Waals surface area (Å²) in [6.07, 6.45) is 10.1. The fourth-order valence-electron chi connectivity index (χ4n) is 3.32. The van der Waals surface area contributed by atoms with Crippen LogP contribution in [0.15, 0.2) is 0 Å². The zero-order chi connectivity index (χ0) is 12.1. The summed E-state index contributed by atoms with van der Waals surface area (Å²) >= 11 is 0. The van der Waals surface area contributed by atoms with Crippen LogP contribution in [0.3, 0.4) is 0 Å². The first kappa shape index (κ1) is 12.9. The van der Waals surface area contributed by atoms with Gasteiger partial charge < -0.3 is 10.0 Å². The zero-order valence-corrected chi connectivity index (χ0v) is 10.7. The van der Waals surface area contributed by atoms with Crippen molar-refractivity contribution in [2.75, 3.05) is 13.2 Å². The van der Waals surface area contributed by atoms with Gasteiger partial charge in [-0.2, -0.15) is 0 Å². The predicted octanol–water partition coefficient (Wildman–Crippen LogP) is 2.33. The number of piperidine rings is 1. The van der Waals surface area contributed by atoms with Crippen molar-refractivity contribution in [1.82, 2.24) is 4.90 Å². The molecule has 1 aliphatic heterocycles. The summed E-state index contributed by atoms with van der Waals surface area (Å²) in [6.45, 7) is 1.12. The van der Waals surface area contributed by atoms with Crippen molar-refractivity contribution in [2.24, 2.45) is 5.92 Å². The largest absolute Gasteiger partial charge is 0.396 e. The van der Waals surface area contributed by atoms with Gasteiger partial charge in [0.05, 0.1) is 0 Å². The molecule has 1 atom stereocenters. The van der Waals surface area contributed by atoms with E-state index < -0.39 is 0 Å². The molecule has 1 unspecified atom stereocenters. The van der Waals surface area contributed by atoms with Crippen LogP contribution in [0.2, 0.25) is 0 Å². The number of hydrogen-bond acceptors (Lipinski definition) is 2. The maximum atomic E-state index is 12.5. The van der Waals surface area contributed by atoms with Crippen LogP contribution < -0.4 is 0 Å². The second-order valence-electron chi connectivity index (χ2n) is 5.53. The average Bonchev–Trinajstić information content (AvgIpc) is 2.40. The number of likely N-dealkylation sites (tertiary alicyclic amines) is 1. The molecular formula is C14H25NO2. The molecular weight excluding hydrogens is 214 g/mol. The summed E-state index contributed by atoms with van der Waals surface area (Å²) in [7, 11) is 0. The van der Waals surface area contributed by atoms with Crippen molar-refractivity contribution in [3.8, 4) is 0 Å². The average molecular weight is 239 g/mol. The Hall–Kier alpha value is -0.570. The molecule has 0 aromatic carbocycles. The first-order valence-corrected chi connectivity index (χ1v) is 7.24. The molecule has 2 fully saturated rings. The molecule has 0 aromatic rings. The molecule has 1 heterocycles. The number of aliphatic hydroxyl groups excluding tert-OH is 1. The first-order valence-electron chi connectivity index (χ1n) is 7.24. The topological polar surface area (TPSA) is 40.5 Å². The van der Waals surface area contributed by atoms with Crippen molar-refractivity contribution in [3.05, 3.63) is 0 Å². The summed E-state index contributed by atoms with van der Waals surface area (Å²) in [5.74, 6) is 0.658. The lowest BCUT2D eigenvalue weighted by Gasteiger charge is -2.38. The second kappa shape index (κ2) is 6.39. The molecule has 1 aliphatic carbocycles. The van der Waals surface area contributed by atoms with Crippen LogP contribution in [0.25, 0.3) is 0 Å². The highest BCUT2D eigenvalue weighted by Gasteiger charge is 2.31. The molecule has 0 aromatic heterocycles. The zero-order valence-electron chi connectivity index (χ0n) is 10.7. The molecule has 0 bridgehead atoms. The molecule has 98 valence electrons. The lowest BCUT2D eigenvalue weighted by atomic mass is 9.87. The lowest BCUT2D eigenvalue weighted by Crippen LogP contribution is -2.47. The highest BCUT2D eigenvalue weighted by atomic mass is 16.3. The van der Waals surface area contributed by atoms with Crippen molar-refractivity contribution in [2.45, 2.75) is 63.8 Å². The predicted molar refractivity (Wildman–Crippen MR) is 67.6 cm³/mol. The first-order chi connectivity index (χ1) is 8.33. The van der Waals surface area contributed by atoms with Crippen LogP contribution in [0.4, 0.5) is 0 Å². The van der Waals surface area contributed by atoms with E-state index in [-0.39, 0.29) is 12.5 Å². The van der Waals surface area contributed by atoms with E-state index in [9.17, 15) is 4.79 Å². The van der Waals surface area contributed by atoms with Gasteiger partial charge in [-0.05, 0) is 38.5 Å². The van der Waals surface area contributed by atoms with E-state index in [1.54, 1.807) is 0 Å². The minimum atomic E-state index is 0.207. The Morgan fingerprint density at radius 2 is 1.76 bits per heavy atom. The number of carbonyl (C=O) groups is 1. The Bertz CT molecular complexity index is 247. The summed E-state index contributed by atoms with van der Waals surface area (Å²) in [5, 5.41) is 9.09. The third kappa shape index (κ3) is 3.21. The van der Waals surface area contributed by atoms with E-state index in [4.69, 9.17) is 5.11 Å². The lowest BCUT2D eigenvalue weighted by molar-refractivity contribution is -0.140. The van der Waals surface area contributed by atoms with Crippen molar-refractivity contribution >= 4 is 5.91 Å². The van der Waals surface area contributed by atoms with Gasteiger partial charge in [-0.1, -0.05) is 19.3 Å². The standard InChI is InChI=1S/C14H25NO2/c16-11-9-13-8-4-5-10-15(13)14(17)12-6-2-1-3-7-12/h12-13,16H,1-11H2. The molecule has 3 nitrogen and oxygen atoms in total. The third-order valence-electron chi connectivity index (χ3n) is 4.33. The number of hydrogen-bond donors (Lipinski definition) is 1. The number of amides is 1. The third-order valence-corrected chi connectivity index (χ3v) is 4.33. The van der Waals surface area contributed by atoms with E-state index in [2.05, 4.69) is 4.90 Å². The van der Waals surface area contributed by atoms with E-state index >= 15 is 0 Å². The van der Waals surface area contributed by atoms with Crippen LogP contribution in [0.1, 0.15) is 57.8 Å². The van der Waals surface area contributed by atoms with Gasteiger partial charge >= 0.3 is 0 Å². The highest BCUT2D eigenvalue weighted by molar-refractivity contribution is 5.79. The summed E-state index contributed by atoms with van der Waals surface area (Å²) in [5.41, 5.74) is 0. The highest BCUT2D eigenvalue weighted by Crippen LogP contribution is 2.29. The molecule has 1 N–H and O–H groups in total. The Labute approximate surface area is 104 Å². The fraction of sp³-hybridized carbons (Fsp3) is 0.929. The van der Waals surface area contributed by atoms with Gasteiger partial charge in [0.25, 0.3) is 0 Å². The Balaban J connectivity index is 1.94. The molecule has 1 saturated carbocycles. The van der Waals surface area contributed by atoms with Gasteiger partial charge in [-0.3, -0.25) is 4.79 Å². The fourth-order valence-corrected chi connectivity index (χ4v) is 3.32. The molecule has 0 radical (unpaired) electrons. The van der Waals surface area contributed by atoms with Crippen molar-refractivity contribution in [3.63, 3.8) is 0 Å². The molecule has 2 rings (SSSR count). The SMILES string of the molecule is O=C(C1CCCCC1)N1CCCCC1CCO. The van der Waals surface area contributed by atoms with E-state index in [0.29, 0.717) is 11.9 Å². The maximum Gasteiger partial charge on any atom is 0.225 e. The Morgan fingerprint density at radius 1 is 1.06 bits per heavy atom. The van der Waals surface area contributed by atoms with Gasteiger partial charge in [0.15, 0.2) is 0 Å². The molecule has 2 aliphatic rings. The van der Waals surface area contributed by atoms with Crippen LogP contribution in [-0.2, 0) is 4.79 Å². The maximum absolute atomic E-state index is 12.5. The van der Waals surface area contributed by atoms with E-state index in [1.165, 1.54) is 25.7 Å². The second-order valence-corrected chi connectivity index (χ2v) is 5.53. The van der Waals surface area contributed by atoms with Crippen molar-refractivity contribution in [1.29, 1.82) is 0 Å². The number of carbonyl (C=O) groups excluding carboxylic acids is 1. The molecule has 1 saturated heterocycles. The van der Waals surface area contributed by atoms with Gasteiger partial charge in [0.2, 0.25) is 5.91 Å². The van der Waals surface area contributed by atoms with Gasteiger partial charge in [-0.15, -0.1) is 0 Å². The number of nitrogens with zero attached hydrogens (tertiary/aromatic N) is 1. The summed E-state index contributed by atoms with van der Waals surface area (Å²) < 4.78 is 0. The van der Waals surface area contributed by atoms with Gasteiger partial charge in [0.1, 0.15) is 0 Å². The van der Waals surface area contributed by atoms with Gasteiger partial charge in [-0.25, -0.2) is 0 Å². The monoisotopic (exact) mass is 239 g/mol. The van der Waals surface area contributed by atoms with Gasteiger partial charge in [0, 0.05) is 25.1 Å². The molecule has 3 heteroatoms. The van der Waals surface area contributed by atoms with Crippen molar-refractivity contribution < 1.29 is 9.90 Å². The van der Waals surface area contributed by atoms with E-state index in [0.717, 1.165) is 38.6 Å². The smallest absolute Gasteiger partial charge is 0.225 e. The van der Waals surface area contributed by atoms with Crippen LogP contribution in [0, 0.1) is 5.92 Å². The minimum Gasteiger partial charge on any atom is -0.396 e. The summed E-state index contributed by atoms with van der Waals surface area (Å²) in [6, 6.07) is 0.308. The minimum absolute atomic E-state index is 0.207. The molecule has 17 heavy (non-hydrogen) atoms. The number of aliphatic hydroxyl groups is 1. The van der Waals surface area contributed by atoms with Crippen LogP contribution >= 0.6 is 0 Å². The normalized spacial score (nSPS) is 27.1. The summed E-state index contributed by atoms with van der Waals surface area (Å²) in [4.78, 5) is 14.6. The quantitative estimate of drug-likeness (QED) is 0.821. The number of rotatable bonds is 3.